The highest BCUT2D eigenvalue weighted by Gasteiger charge is 2.43. The van der Waals surface area contributed by atoms with Crippen LogP contribution < -0.4 is 9.47 Å². The van der Waals surface area contributed by atoms with Gasteiger partial charge < -0.3 is 19.3 Å². The molecule has 3 aliphatic rings. The van der Waals surface area contributed by atoms with Gasteiger partial charge in [0.25, 0.3) is 0 Å². The standard InChI is InChI=1S/C20H26N2O4/c1-25-16-4-6-17(7-5-16)26-18-8-10-21(11-9-18)20(24)14-12-19(23)22(13-14)15-2-3-15/h4-7,14-15,18H,2-3,8-13H2,1H3. The predicted molar refractivity (Wildman–Crippen MR) is 96.1 cm³/mol. The van der Waals surface area contributed by atoms with Crippen LogP contribution in [-0.4, -0.2) is 60.5 Å². The summed E-state index contributed by atoms with van der Waals surface area (Å²) in [6.45, 7) is 2.02. The van der Waals surface area contributed by atoms with Gasteiger partial charge in [-0.25, -0.2) is 0 Å². The molecule has 0 radical (unpaired) electrons. The average molecular weight is 358 g/mol. The van der Waals surface area contributed by atoms with Crippen LogP contribution in [0.3, 0.4) is 0 Å². The summed E-state index contributed by atoms with van der Waals surface area (Å²) in [4.78, 5) is 28.7. The van der Waals surface area contributed by atoms with Gasteiger partial charge in [0.2, 0.25) is 11.8 Å². The molecule has 6 nitrogen and oxygen atoms in total. The van der Waals surface area contributed by atoms with Crippen LogP contribution in [0.5, 0.6) is 11.5 Å². The molecule has 1 unspecified atom stereocenters. The number of likely N-dealkylation sites (tertiary alicyclic amines) is 2. The van der Waals surface area contributed by atoms with E-state index in [9.17, 15) is 9.59 Å². The molecule has 140 valence electrons. The topological polar surface area (TPSA) is 59.1 Å². The lowest BCUT2D eigenvalue weighted by molar-refractivity contribution is -0.137. The van der Waals surface area contributed by atoms with E-state index in [2.05, 4.69) is 0 Å². The van der Waals surface area contributed by atoms with Crippen LogP contribution >= 0.6 is 0 Å². The second-order valence-corrected chi connectivity index (χ2v) is 7.50. The molecule has 0 aromatic heterocycles. The first-order valence-electron chi connectivity index (χ1n) is 9.53. The van der Waals surface area contributed by atoms with E-state index in [0.717, 1.165) is 37.2 Å². The largest absolute Gasteiger partial charge is 0.497 e. The normalized spacial score (nSPS) is 24.0. The highest BCUT2D eigenvalue weighted by molar-refractivity contribution is 5.89. The minimum atomic E-state index is -0.151. The zero-order valence-electron chi connectivity index (χ0n) is 15.2. The molecule has 6 heteroatoms. The highest BCUT2D eigenvalue weighted by atomic mass is 16.5. The number of benzene rings is 1. The van der Waals surface area contributed by atoms with E-state index < -0.39 is 0 Å². The fraction of sp³-hybridized carbons (Fsp3) is 0.600. The maximum absolute atomic E-state index is 12.8. The quantitative estimate of drug-likeness (QED) is 0.809. The Morgan fingerprint density at radius 1 is 1.04 bits per heavy atom. The number of ether oxygens (including phenoxy) is 2. The molecule has 2 aliphatic heterocycles. The van der Waals surface area contributed by atoms with E-state index in [0.29, 0.717) is 32.1 Å². The lowest BCUT2D eigenvalue weighted by Gasteiger charge is -2.33. The summed E-state index contributed by atoms with van der Waals surface area (Å²) >= 11 is 0. The van der Waals surface area contributed by atoms with Crippen molar-refractivity contribution in [3.05, 3.63) is 24.3 Å². The van der Waals surface area contributed by atoms with Gasteiger partial charge in [-0.15, -0.1) is 0 Å². The van der Waals surface area contributed by atoms with E-state index in [4.69, 9.17) is 9.47 Å². The van der Waals surface area contributed by atoms with E-state index in [1.807, 2.05) is 34.1 Å². The minimum Gasteiger partial charge on any atom is -0.497 e. The van der Waals surface area contributed by atoms with Crippen molar-refractivity contribution in [2.24, 2.45) is 5.92 Å². The second-order valence-electron chi connectivity index (χ2n) is 7.50. The van der Waals surface area contributed by atoms with Crippen molar-refractivity contribution in [3.8, 4) is 11.5 Å². The first-order chi connectivity index (χ1) is 12.6. The van der Waals surface area contributed by atoms with Gasteiger partial charge in [0, 0.05) is 44.9 Å². The Morgan fingerprint density at radius 2 is 1.69 bits per heavy atom. The molecule has 0 N–H and O–H groups in total. The second kappa shape index (κ2) is 7.17. The van der Waals surface area contributed by atoms with Gasteiger partial charge >= 0.3 is 0 Å². The number of hydrogen-bond acceptors (Lipinski definition) is 4. The Balaban J connectivity index is 1.26. The Bertz CT molecular complexity index is 663. The third kappa shape index (κ3) is 3.64. The zero-order valence-corrected chi connectivity index (χ0v) is 15.2. The lowest BCUT2D eigenvalue weighted by Crippen LogP contribution is -2.45. The van der Waals surface area contributed by atoms with Crippen LogP contribution in [0.2, 0.25) is 0 Å². The SMILES string of the molecule is COc1ccc(OC2CCN(C(=O)C3CC(=O)N(C4CC4)C3)CC2)cc1. The number of nitrogens with zero attached hydrogens (tertiary/aromatic N) is 2. The van der Waals surface area contributed by atoms with Crippen molar-refractivity contribution >= 4 is 11.8 Å². The third-order valence-corrected chi connectivity index (χ3v) is 5.61. The molecular weight excluding hydrogens is 332 g/mol. The highest BCUT2D eigenvalue weighted by Crippen LogP contribution is 2.33. The first kappa shape index (κ1) is 17.2. The predicted octanol–water partition coefficient (Wildman–Crippen LogP) is 2.08. The molecule has 1 aliphatic carbocycles. The number of carbonyl (C=O) groups excluding carboxylic acids is 2. The van der Waals surface area contributed by atoms with Crippen molar-refractivity contribution in [3.63, 3.8) is 0 Å². The molecule has 2 heterocycles. The number of carbonyl (C=O) groups is 2. The monoisotopic (exact) mass is 358 g/mol. The van der Waals surface area contributed by atoms with Gasteiger partial charge in [-0.2, -0.15) is 0 Å². The molecule has 0 spiro atoms. The van der Waals surface area contributed by atoms with Gasteiger partial charge in [-0.05, 0) is 37.1 Å². The number of piperidine rings is 1. The van der Waals surface area contributed by atoms with Crippen molar-refractivity contribution in [1.29, 1.82) is 0 Å². The number of methoxy groups -OCH3 is 1. The Hall–Kier alpha value is -2.24. The Kier molecular flexibility index (Phi) is 4.74. The summed E-state index contributed by atoms with van der Waals surface area (Å²) in [7, 11) is 1.64. The number of hydrogen-bond donors (Lipinski definition) is 0. The van der Waals surface area contributed by atoms with E-state index in [1.54, 1.807) is 7.11 Å². The summed E-state index contributed by atoms with van der Waals surface area (Å²) in [5, 5.41) is 0. The van der Waals surface area contributed by atoms with Crippen molar-refractivity contribution in [2.45, 2.75) is 44.2 Å². The van der Waals surface area contributed by atoms with Crippen LogP contribution in [-0.2, 0) is 9.59 Å². The fourth-order valence-electron chi connectivity index (χ4n) is 3.94. The molecule has 2 saturated heterocycles. The Morgan fingerprint density at radius 3 is 2.31 bits per heavy atom. The van der Waals surface area contributed by atoms with Gasteiger partial charge in [-0.3, -0.25) is 9.59 Å². The summed E-state index contributed by atoms with van der Waals surface area (Å²) in [5.41, 5.74) is 0. The van der Waals surface area contributed by atoms with Crippen molar-refractivity contribution < 1.29 is 19.1 Å². The molecular formula is C20H26N2O4. The minimum absolute atomic E-state index is 0.126. The number of amides is 2. The van der Waals surface area contributed by atoms with E-state index in [-0.39, 0.29) is 23.8 Å². The molecule has 1 saturated carbocycles. The van der Waals surface area contributed by atoms with Gasteiger partial charge in [0.05, 0.1) is 13.0 Å². The molecule has 1 atom stereocenters. The van der Waals surface area contributed by atoms with Crippen LogP contribution in [0.15, 0.2) is 24.3 Å². The maximum Gasteiger partial charge on any atom is 0.227 e. The summed E-state index contributed by atoms with van der Waals surface area (Å²) in [6, 6.07) is 8.00. The summed E-state index contributed by atoms with van der Waals surface area (Å²) in [6.07, 6.45) is 4.36. The van der Waals surface area contributed by atoms with Crippen LogP contribution in [0.1, 0.15) is 32.1 Å². The van der Waals surface area contributed by atoms with Crippen molar-refractivity contribution in [2.75, 3.05) is 26.7 Å². The first-order valence-corrected chi connectivity index (χ1v) is 9.53. The third-order valence-electron chi connectivity index (χ3n) is 5.61. The van der Waals surface area contributed by atoms with Gasteiger partial charge in [-0.1, -0.05) is 0 Å². The molecule has 2 amide bonds. The smallest absolute Gasteiger partial charge is 0.227 e. The van der Waals surface area contributed by atoms with Crippen molar-refractivity contribution in [1.82, 2.24) is 9.80 Å². The van der Waals surface area contributed by atoms with E-state index in [1.165, 1.54) is 0 Å². The molecule has 1 aromatic carbocycles. The van der Waals surface area contributed by atoms with Gasteiger partial charge in [0.1, 0.15) is 17.6 Å². The van der Waals surface area contributed by atoms with Gasteiger partial charge in [0.15, 0.2) is 0 Å². The van der Waals surface area contributed by atoms with Crippen LogP contribution in [0.25, 0.3) is 0 Å². The maximum atomic E-state index is 12.8. The molecule has 26 heavy (non-hydrogen) atoms. The molecule has 1 aromatic rings. The fourth-order valence-corrected chi connectivity index (χ4v) is 3.94. The number of rotatable bonds is 5. The summed E-state index contributed by atoms with van der Waals surface area (Å²) in [5.74, 6) is 1.79. The van der Waals surface area contributed by atoms with Crippen LogP contribution in [0, 0.1) is 5.92 Å². The average Bonchev–Trinajstić information content (AvgIpc) is 3.44. The lowest BCUT2D eigenvalue weighted by atomic mass is 10.0. The van der Waals surface area contributed by atoms with E-state index >= 15 is 0 Å². The van der Waals surface area contributed by atoms with Crippen LogP contribution in [0.4, 0.5) is 0 Å². The molecule has 3 fully saturated rings. The Labute approximate surface area is 154 Å². The summed E-state index contributed by atoms with van der Waals surface area (Å²) < 4.78 is 11.2. The molecule has 0 bridgehead atoms. The zero-order chi connectivity index (χ0) is 18.1. The molecule has 4 rings (SSSR count).